The maximum Gasteiger partial charge on any atom is 0.326 e. The number of nitrogens with one attached hydrogen (secondary N) is 2. The van der Waals surface area contributed by atoms with Gasteiger partial charge in [-0.3, -0.25) is 4.57 Å². The van der Waals surface area contributed by atoms with Crippen molar-refractivity contribution in [3.8, 4) is 0 Å². The van der Waals surface area contributed by atoms with Gasteiger partial charge in [0.2, 0.25) is 0 Å². The molecular formula is C14H16N4O2. The SMILES string of the molecule is O=c1[nH]c2cnc3[nH]ccc3c2n1C1CCCCC1O. The Kier molecular flexibility index (Phi) is 2.47. The van der Waals surface area contributed by atoms with Gasteiger partial charge in [0.25, 0.3) is 0 Å². The number of fused-ring (bicyclic) bond motifs is 3. The second-order valence-corrected chi connectivity index (χ2v) is 5.48. The van der Waals surface area contributed by atoms with Gasteiger partial charge in [0.1, 0.15) is 5.65 Å². The van der Waals surface area contributed by atoms with E-state index in [1.54, 1.807) is 10.8 Å². The molecule has 3 aromatic rings. The number of aliphatic hydroxyl groups excluding tert-OH is 1. The Morgan fingerprint density at radius 3 is 3.05 bits per heavy atom. The first kappa shape index (κ1) is 11.7. The van der Waals surface area contributed by atoms with E-state index < -0.39 is 6.10 Å². The number of hydrogen-bond acceptors (Lipinski definition) is 3. The standard InChI is InChI=1S/C14H16N4O2/c19-11-4-2-1-3-10(11)18-12-8-5-6-15-13(8)16-7-9(12)17-14(18)20/h5-7,10-11,19H,1-4H2,(H,15,16)(H,17,20). The van der Waals surface area contributed by atoms with Crippen molar-refractivity contribution in [3.63, 3.8) is 0 Å². The van der Waals surface area contributed by atoms with Crippen LogP contribution in [0, 0.1) is 0 Å². The average molecular weight is 272 g/mol. The molecule has 0 spiro atoms. The van der Waals surface area contributed by atoms with Crippen molar-refractivity contribution in [1.29, 1.82) is 0 Å². The molecule has 6 nitrogen and oxygen atoms in total. The highest BCUT2D eigenvalue weighted by molar-refractivity contribution is 6.00. The highest BCUT2D eigenvalue weighted by atomic mass is 16.3. The third kappa shape index (κ3) is 1.54. The van der Waals surface area contributed by atoms with Crippen molar-refractivity contribution in [1.82, 2.24) is 19.5 Å². The van der Waals surface area contributed by atoms with Crippen molar-refractivity contribution in [3.05, 3.63) is 28.9 Å². The molecular weight excluding hydrogens is 256 g/mol. The predicted molar refractivity (Wildman–Crippen MR) is 75.7 cm³/mol. The van der Waals surface area contributed by atoms with E-state index in [0.717, 1.165) is 47.8 Å². The zero-order valence-corrected chi connectivity index (χ0v) is 11.0. The maximum atomic E-state index is 12.3. The highest BCUT2D eigenvalue weighted by Crippen LogP contribution is 2.31. The number of nitrogens with zero attached hydrogens (tertiary/aromatic N) is 2. The fourth-order valence-corrected chi connectivity index (χ4v) is 3.33. The molecule has 1 aliphatic rings. The summed E-state index contributed by atoms with van der Waals surface area (Å²) in [6.45, 7) is 0. The van der Waals surface area contributed by atoms with E-state index in [9.17, 15) is 9.90 Å². The van der Waals surface area contributed by atoms with Crippen molar-refractivity contribution in [2.75, 3.05) is 0 Å². The van der Waals surface area contributed by atoms with Gasteiger partial charge in [0, 0.05) is 11.6 Å². The number of imidazole rings is 1. The minimum atomic E-state index is -0.456. The predicted octanol–water partition coefficient (Wildman–Crippen LogP) is 1.68. The molecule has 6 heteroatoms. The minimum Gasteiger partial charge on any atom is -0.391 e. The van der Waals surface area contributed by atoms with E-state index in [2.05, 4.69) is 15.0 Å². The molecule has 3 N–H and O–H groups in total. The molecule has 0 saturated heterocycles. The lowest BCUT2D eigenvalue weighted by molar-refractivity contribution is 0.0759. The van der Waals surface area contributed by atoms with Crippen molar-refractivity contribution in [2.24, 2.45) is 0 Å². The van der Waals surface area contributed by atoms with Crippen LogP contribution in [0.4, 0.5) is 0 Å². The van der Waals surface area contributed by atoms with E-state index >= 15 is 0 Å². The molecule has 1 saturated carbocycles. The summed E-state index contributed by atoms with van der Waals surface area (Å²) in [6.07, 6.45) is 6.69. The first-order chi connectivity index (χ1) is 9.75. The number of aliphatic hydroxyl groups is 1. The zero-order chi connectivity index (χ0) is 13.7. The molecule has 1 aliphatic carbocycles. The van der Waals surface area contributed by atoms with Gasteiger partial charge < -0.3 is 15.1 Å². The Hall–Kier alpha value is -2.08. The smallest absolute Gasteiger partial charge is 0.326 e. The first-order valence-corrected chi connectivity index (χ1v) is 7.00. The minimum absolute atomic E-state index is 0.148. The summed E-state index contributed by atoms with van der Waals surface area (Å²) < 4.78 is 1.72. The van der Waals surface area contributed by atoms with E-state index in [1.165, 1.54) is 0 Å². The third-order valence-electron chi connectivity index (χ3n) is 4.29. The van der Waals surface area contributed by atoms with Gasteiger partial charge in [-0.25, -0.2) is 9.78 Å². The summed E-state index contributed by atoms with van der Waals surface area (Å²) in [5.41, 5.74) is 2.16. The molecule has 3 heterocycles. The van der Waals surface area contributed by atoms with Crippen LogP contribution < -0.4 is 5.69 Å². The molecule has 20 heavy (non-hydrogen) atoms. The molecule has 2 unspecified atom stereocenters. The van der Waals surface area contributed by atoms with Crippen LogP contribution in [0.25, 0.3) is 22.1 Å². The monoisotopic (exact) mass is 272 g/mol. The average Bonchev–Trinajstić information content (AvgIpc) is 3.02. The number of hydrogen-bond donors (Lipinski definition) is 3. The van der Waals surface area contributed by atoms with E-state index in [4.69, 9.17) is 0 Å². The molecule has 3 aromatic heterocycles. The van der Waals surface area contributed by atoms with E-state index in [1.807, 2.05) is 12.3 Å². The number of rotatable bonds is 1. The quantitative estimate of drug-likeness (QED) is 0.630. The highest BCUT2D eigenvalue weighted by Gasteiger charge is 2.28. The summed E-state index contributed by atoms with van der Waals surface area (Å²) in [6, 6.07) is 1.77. The van der Waals surface area contributed by atoms with Gasteiger partial charge in [0.15, 0.2) is 0 Å². The Morgan fingerprint density at radius 2 is 2.20 bits per heavy atom. The van der Waals surface area contributed by atoms with Crippen molar-refractivity contribution in [2.45, 2.75) is 37.8 Å². The van der Waals surface area contributed by atoms with Gasteiger partial charge in [-0.15, -0.1) is 0 Å². The summed E-state index contributed by atoms with van der Waals surface area (Å²) >= 11 is 0. The molecule has 4 rings (SSSR count). The van der Waals surface area contributed by atoms with Gasteiger partial charge in [-0.2, -0.15) is 0 Å². The molecule has 0 aromatic carbocycles. The zero-order valence-electron chi connectivity index (χ0n) is 11.0. The topological polar surface area (TPSA) is 86.7 Å². The lowest BCUT2D eigenvalue weighted by Crippen LogP contribution is -2.33. The Balaban J connectivity index is 2.04. The fourth-order valence-electron chi connectivity index (χ4n) is 3.33. The summed E-state index contributed by atoms with van der Waals surface area (Å²) in [5, 5.41) is 11.2. The van der Waals surface area contributed by atoms with E-state index in [-0.39, 0.29) is 11.7 Å². The number of pyridine rings is 1. The van der Waals surface area contributed by atoms with E-state index in [0.29, 0.717) is 0 Å². The molecule has 0 aliphatic heterocycles. The van der Waals surface area contributed by atoms with Crippen LogP contribution in [0.1, 0.15) is 31.7 Å². The second kappa shape index (κ2) is 4.21. The largest absolute Gasteiger partial charge is 0.391 e. The maximum absolute atomic E-state index is 12.3. The van der Waals surface area contributed by atoms with Crippen LogP contribution in [-0.2, 0) is 0 Å². The molecule has 2 atom stereocenters. The lowest BCUT2D eigenvalue weighted by Gasteiger charge is -2.28. The van der Waals surface area contributed by atoms with Crippen LogP contribution in [0.2, 0.25) is 0 Å². The number of aromatic amines is 2. The Bertz CT molecular complexity index is 829. The normalized spacial score (nSPS) is 23.6. The van der Waals surface area contributed by atoms with Gasteiger partial charge in [0.05, 0.1) is 29.4 Å². The summed E-state index contributed by atoms with van der Waals surface area (Å²) in [5.74, 6) is 0. The van der Waals surface area contributed by atoms with Crippen LogP contribution in [0.15, 0.2) is 23.3 Å². The fraction of sp³-hybridized carbons (Fsp3) is 0.429. The van der Waals surface area contributed by atoms with Crippen LogP contribution >= 0.6 is 0 Å². The van der Waals surface area contributed by atoms with Gasteiger partial charge in [-0.05, 0) is 18.9 Å². The lowest BCUT2D eigenvalue weighted by atomic mass is 9.92. The van der Waals surface area contributed by atoms with Crippen LogP contribution in [-0.4, -0.2) is 30.7 Å². The Labute approximate surface area is 114 Å². The van der Waals surface area contributed by atoms with Gasteiger partial charge in [-0.1, -0.05) is 12.8 Å². The summed E-state index contributed by atoms with van der Waals surface area (Å²) in [4.78, 5) is 22.5. The van der Waals surface area contributed by atoms with Gasteiger partial charge >= 0.3 is 5.69 Å². The molecule has 0 bridgehead atoms. The Morgan fingerprint density at radius 1 is 1.35 bits per heavy atom. The second-order valence-electron chi connectivity index (χ2n) is 5.48. The molecule has 1 fully saturated rings. The van der Waals surface area contributed by atoms with Crippen LogP contribution in [0.3, 0.4) is 0 Å². The molecule has 104 valence electrons. The van der Waals surface area contributed by atoms with Crippen molar-refractivity contribution < 1.29 is 5.11 Å². The van der Waals surface area contributed by atoms with Crippen LogP contribution in [0.5, 0.6) is 0 Å². The molecule has 0 amide bonds. The first-order valence-electron chi connectivity index (χ1n) is 7.00. The number of aromatic nitrogens is 4. The third-order valence-corrected chi connectivity index (χ3v) is 4.29. The summed E-state index contributed by atoms with van der Waals surface area (Å²) in [7, 11) is 0. The van der Waals surface area contributed by atoms with Crippen molar-refractivity contribution >= 4 is 22.1 Å². The number of H-pyrrole nitrogens is 2. The molecule has 0 radical (unpaired) electrons.